The van der Waals surface area contributed by atoms with E-state index in [4.69, 9.17) is 14.9 Å². The van der Waals surface area contributed by atoms with Crippen molar-refractivity contribution in [2.24, 2.45) is 5.16 Å². The molecule has 0 unspecified atom stereocenters. The maximum Gasteiger partial charge on any atom is 0.234 e. The summed E-state index contributed by atoms with van der Waals surface area (Å²) >= 11 is 1.26. The molecule has 2 aromatic heterocycles. The molecule has 40 heavy (non-hydrogen) atoms. The van der Waals surface area contributed by atoms with Crippen LogP contribution in [0.3, 0.4) is 0 Å². The molecule has 0 spiro atoms. The second-order valence-electron chi connectivity index (χ2n) is 8.76. The van der Waals surface area contributed by atoms with Crippen LogP contribution in [-0.2, 0) is 4.79 Å². The SMILES string of the molecule is C=Cn1c(SCC(=O)Nc2ccc(/C(C)=N/O)cc2)nnc1-c1cc(-c2ccc(OC)cc2)nc2ccccc12. The third-order valence-corrected chi connectivity index (χ3v) is 7.20. The molecule has 0 saturated carbocycles. The number of ether oxygens (including phenoxy) is 1. The number of benzene rings is 3. The molecule has 0 fully saturated rings. The number of hydrogen-bond acceptors (Lipinski definition) is 8. The van der Waals surface area contributed by atoms with E-state index in [1.54, 1.807) is 49.1 Å². The predicted molar refractivity (Wildman–Crippen MR) is 159 cm³/mol. The molecule has 10 heteroatoms. The van der Waals surface area contributed by atoms with Gasteiger partial charge in [-0.2, -0.15) is 0 Å². The van der Waals surface area contributed by atoms with E-state index >= 15 is 0 Å². The summed E-state index contributed by atoms with van der Waals surface area (Å²) < 4.78 is 7.08. The average Bonchev–Trinajstić information content (AvgIpc) is 3.42. The van der Waals surface area contributed by atoms with E-state index in [9.17, 15) is 4.79 Å². The Kier molecular flexibility index (Phi) is 7.88. The largest absolute Gasteiger partial charge is 0.497 e. The molecule has 200 valence electrons. The number of oxime groups is 1. The van der Waals surface area contributed by atoms with Crippen molar-refractivity contribution in [2.45, 2.75) is 12.1 Å². The fraction of sp³-hybridized carbons (Fsp3) is 0.100. The van der Waals surface area contributed by atoms with Gasteiger partial charge in [0.1, 0.15) is 5.75 Å². The summed E-state index contributed by atoms with van der Waals surface area (Å²) in [4.78, 5) is 17.5. The van der Waals surface area contributed by atoms with E-state index in [0.29, 0.717) is 22.4 Å². The first kappa shape index (κ1) is 26.6. The van der Waals surface area contributed by atoms with E-state index in [2.05, 4.69) is 27.2 Å². The van der Waals surface area contributed by atoms with Gasteiger partial charge in [0, 0.05) is 28.4 Å². The Labute approximate surface area is 235 Å². The third kappa shape index (κ3) is 5.57. The van der Waals surface area contributed by atoms with Crippen LogP contribution >= 0.6 is 11.8 Å². The first-order valence-corrected chi connectivity index (χ1v) is 13.3. The number of amides is 1. The van der Waals surface area contributed by atoms with Gasteiger partial charge in [0.2, 0.25) is 5.91 Å². The van der Waals surface area contributed by atoms with Gasteiger partial charge in [-0.15, -0.1) is 10.2 Å². The standard InChI is InChI=1S/C30H26N6O3S/c1-4-36-29(33-34-30(36)40-18-28(37)31-22-13-9-20(10-14-22)19(2)35-38)25-17-27(21-11-15-23(39-3)16-12-21)32-26-8-6-5-7-24(25)26/h4-17,38H,1,18H2,2-3H3,(H,31,37)/b35-19+. The summed E-state index contributed by atoms with van der Waals surface area (Å²) in [7, 11) is 1.64. The number of rotatable bonds is 9. The summed E-state index contributed by atoms with van der Waals surface area (Å²) in [5.74, 6) is 1.30. The second kappa shape index (κ2) is 11.8. The zero-order chi connectivity index (χ0) is 28.1. The lowest BCUT2D eigenvalue weighted by atomic mass is 10.0. The van der Waals surface area contributed by atoms with Gasteiger partial charge >= 0.3 is 0 Å². The fourth-order valence-electron chi connectivity index (χ4n) is 4.17. The Balaban J connectivity index is 1.40. The minimum Gasteiger partial charge on any atom is -0.497 e. The Morgan fingerprint density at radius 3 is 2.55 bits per heavy atom. The van der Waals surface area contributed by atoms with Crippen molar-refractivity contribution in [3.63, 3.8) is 0 Å². The van der Waals surface area contributed by atoms with Gasteiger partial charge < -0.3 is 15.3 Å². The summed E-state index contributed by atoms with van der Waals surface area (Å²) in [6.45, 7) is 5.66. The Morgan fingerprint density at radius 2 is 1.85 bits per heavy atom. The van der Waals surface area contributed by atoms with E-state index < -0.39 is 0 Å². The summed E-state index contributed by atoms with van der Waals surface area (Å²) in [5, 5.41) is 25.3. The molecule has 5 aromatic rings. The van der Waals surface area contributed by atoms with E-state index in [-0.39, 0.29) is 11.7 Å². The number of nitrogens with one attached hydrogen (secondary N) is 1. The lowest BCUT2D eigenvalue weighted by molar-refractivity contribution is -0.113. The Hall–Kier alpha value is -4.96. The molecule has 0 atom stereocenters. The van der Waals surface area contributed by atoms with Crippen LogP contribution in [0.25, 0.3) is 39.7 Å². The van der Waals surface area contributed by atoms with Gasteiger partial charge in [0.25, 0.3) is 0 Å². The molecular weight excluding hydrogens is 524 g/mol. The monoisotopic (exact) mass is 550 g/mol. The van der Waals surface area contributed by atoms with Crippen LogP contribution in [0, 0.1) is 0 Å². The molecule has 0 saturated heterocycles. The fourth-order valence-corrected chi connectivity index (χ4v) is 4.90. The van der Waals surface area contributed by atoms with Gasteiger partial charge in [-0.25, -0.2) is 4.98 Å². The average molecular weight is 551 g/mol. The number of aromatic nitrogens is 4. The summed E-state index contributed by atoms with van der Waals surface area (Å²) in [6.07, 6.45) is 1.64. The van der Waals surface area contributed by atoms with Gasteiger partial charge in [0.05, 0.1) is 29.8 Å². The summed E-state index contributed by atoms with van der Waals surface area (Å²) in [6, 6.07) is 24.6. The molecule has 1 amide bonds. The Bertz CT molecular complexity index is 1710. The van der Waals surface area contributed by atoms with Gasteiger partial charge in [-0.05, 0) is 61.0 Å². The topological polar surface area (TPSA) is 115 Å². The smallest absolute Gasteiger partial charge is 0.234 e. The minimum absolute atomic E-state index is 0.124. The number of carbonyl (C=O) groups excluding carboxylic acids is 1. The lowest BCUT2D eigenvalue weighted by Crippen LogP contribution is -2.14. The van der Waals surface area contributed by atoms with Crippen LogP contribution in [0.1, 0.15) is 12.5 Å². The van der Waals surface area contributed by atoms with Gasteiger partial charge in [-0.1, -0.05) is 53.8 Å². The number of hydrogen-bond donors (Lipinski definition) is 2. The van der Waals surface area contributed by atoms with Crippen LogP contribution in [0.15, 0.2) is 95.8 Å². The van der Waals surface area contributed by atoms with E-state index in [1.165, 1.54) is 11.8 Å². The maximum atomic E-state index is 12.7. The number of thioether (sulfide) groups is 1. The first-order valence-electron chi connectivity index (χ1n) is 12.3. The number of fused-ring (bicyclic) bond motifs is 1. The van der Waals surface area contributed by atoms with Crippen molar-refractivity contribution in [3.8, 4) is 28.4 Å². The highest BCUT2D eigenvalue weighted by atomic mass is 32.2. The number of methoxy groups -OCH3 is 1. The molecule has 3 aromatic carbocycles. The second-order valence-corrected chi connectivity index (χ2v) is 9.70. The number of carbonyl (C=O) groups is 1. The molecule has 5 rings (SSSR count). The molecule has 0 bridgehead atoms. The van der Waals surface area contributed by atoms with Crippen molar-refractivity contribution in [3.05, 3.63) is 91.0 Å². The van der Waals surface area contributed by atoms with Gasteiger partial charge in [-0.3, -0.25) is 9.36 Å². The number of para-hydroxylation sites is 1. The lowest BCUT2D eigenvalue weighted by Gasteiger charge is -2.11. The molecule has 0 aliphatic carbocycles. The van der Waals surface area contributed by atoms with Gasteiger partial charge in [0.15, 0.2) is 11.0 Å². The molecule has 0 radical (unpaired) electrons. The quantitative estimate of drug-likeness (QED) is 0.0972. The van der Waals surface area contributed by atoms with Crippen molar-refractivity contribution < 1.29 is 14.7 Å². The molecule has 2 heterocycles. The highest BCUT2D eigenvalue weighted by Gasteiger charge is 2.18. The molecule has 0 aliphatic rings. The van der Waals surface area contributed by atoms with Crippen molar-refractivity contribution >= 4 is 46.2 Å². The maximum absolute atomic E-state index is 12.7. The van der Waals surface area contributed by atoms with Crippen molar-refractivity contribution in [1.29, 1.82) is 0 Å². The number of nitrogens with zero attached hydrogens (tertiary/aromatic N) is 5. The predicted octanol–water partition coefficient (Wildman–Crippen LogP) is 6.20. The van der Waals surface area contributed by atoms with Crippen molar-refractivity contribution in [1.82, 2.24) is 19.7 Å². The third-order valence-electron chi connectivity index (χ3n) is 6.26. The summed E-state index contributed by atoms with van der Waals surface area (Å²) in [5.41, 5.74) is 5.30. The van der Waals surface area contributed by atoms with E-state index in [0.717, 1.165) is 39.0 Å². The highest BCUT2D eigenvalue weighted by Crippen LogP contribution is 2.33. The van der Waals surface area contributed by atoms with Crippen LogP contribution in [0.2, 0.25) is 0 Å². The van der Waals surface area contributed by atoms with Crippen LogP contribution in [-0.4, -0.2) is 49.4 Å². The van der Waals surface area contributed by atoms with Crippen LogP contribution in [0.5, 0.6) is 5.75 Å². The number of pyridine rings is 1. The Morgan fingerprint density at radius 1 is 1.10 bits per heavy atom. The number of anilines is 1. The molecule has 2 N–H and O–H groups in total. The van der Waals surface area contributed by atoms with Crippen molar-refractivity contribution in [2.75, 3.05) is 18.2 Å². The minimum atomic E-state index is -0.193. The highest BCUT2D eigenvalue weighted by molar-refractivity contribution is 7.99. The normalized spacial score (nSPS) is 11.4. The molecular formula is C30H26N6O3S. The molecule has 9 nitrogen and oxygen atoms in total. The van der Waals surface area contributed by atoms with Crippen LogP contribution in [0.4, 0.5) is 5.69 Å². The zero-order valence-electron chi connectivity index (χ0n) is 21.9. The molecule has 0 aliphatic heterocycles. The van der Waals surface area contributed by atoms with E-state index in [1.807, 2.05) is 54.6 Å². The zero-order valence-corrected chi connectivity index (χ0v) is 22.7. The van der Waals surface area contributed by atoms with Crippen LogP contribution < -0.4 is 10.1 Å². The first-order chi connectivity index (χ1) is 19.5.